The molecule has 5 nitrogen and oxygen atoms in total. The van der Waals surface area contributed by atoms with E-state index in [4.69, 9.17) is 23.2 Å². The third-order valence-corrected chi connectivity index (χ3v) is 4.19. The van der Waals surface area contributed by atoms with Gasteiger partial charge < -0.3 is 15.3 Å². The molecule has 0 bridgehead atoms. The van der Waals surface area contributed by atoms with Crippen molar-refractivity contribution in [2.24, 2.45) is 0 Å². The molecule has 0 fully saturated rings. The molecule has 2 rings (SSSR count). The van der Waals surface area contributed by atoms with Crippen molar-refractivity contribution in [3.63, 3.8) is 0 Å². The number of nitrogens with zero attached hydrogens (tertiary/aromatic N) is 1. The van der Waals surface area contributed by atoms with Gasteiger partial charge in [-0.2, -0.15) is 0 Å². The monoisotopic (exact) mass is 366 g/mol. The van der Waals surface area contributed by atoms with Gasteiger partial charge in [0.15, 0.2) is 0 Å². The minimum atomic E-state index is -1.09. The zero-order chi connectivity index (χ0) is 17.7. The van der Waals surface area contributed by atoms with Gasteiger partial charge in [-0.05, 0) is 30.7 Å². The van der Waals surface area contributed by atoms with Gasteiger partial charge in [0.05, 0.1) is 10.0 Å². The van der Waals surface area contributed by atoms with Gasteiger partial charge in [0, 0.05) is 12.2 Å². The number of carboxylic acids is 1. The number of hydrogen-bond acceptors (Lipinski definition) is 2. The van der Waals surface area contributed by atoms with Crippen LogP contribution in [0.2, 0.25) is 10.0 Å². The third-order valence-electron chi connectivity index (χ3n) is 3.45. The summed E-state index contributed by atoms with van der Waals surface area (Å²) < 4.78 is 0. The Morgan fingerprint density at radius 2 is 1.79 bits per heavy atom. The molecule has 1 atom stereocenters. The smallest absolute Gasteiger partial charge is 0.326 e. The topological polar surface area (TPSA) is 69.6 Å². The summed E-state index contributed by atoms with van der Waals surface area (Å²) in [5, 5.41) is 12.6. The predicted molar refractivity (Wildman–Crippen MR) is 94.6 cm³/mol. The average Bonchev–Trinajstić information content (AvgIpc) is 2.56. The number of carboxylic acid groups (broad SMARTS) is 1. The quantitative estimate of drug-likeness (QED) is 0.818. The number of urea groups is 1. The molecular formula is C17H16Cl2N2O3. The standard InChI is InChI=1S/C17H16Cl2N2O3/c1-11(16(22)23)21(10-12-5-3-2-4-6-12)17(24)20-13-7-8-14(18)15(19)9-13/h2-9,11H,10H2,1H3,(H,20,24)(H,22,23). The van der Waals surface area contributed by atoms with Crippen LogP contribution in [-0.4, -0.2) is 28.0 Å². The lowest BCUT2D eigenvalue weighted by Crippen LogP contribution is -2.44. The van der Waals surface area contributed by atoms with Crippen molar-refractivity contribution in [1.29, 1.82) is 0 Å². The van der Waals surface area contributed by atoms with Crippen LogP contribution < -0.4 is 5.32 Å². The number of hydrogen-bond donors (Lipinski definition) is 2. The van der Waals surface area contributed by atoms with Gasteiger partial charge in [-0.15, -0.1) is 0 Å². The molecule has 2 N–H and O–H groups in total. The maximum atomic E-state index is 12.5. The van der Waals surface area contributed by atoms with Crippen LogP contribution in [-0.2, 0) is 11.3 Å². The predicted octanol–water partition coefficient (Wildman–Crippen LogP) is 4.50. The van der Waals surface area contributed by atoms with Crippen LogP contribution in [0.1, 0.15) is 12.5 Å². The molecule has 0 aliphatic carbocycles. The maximum Gasteiger partial charge on any atom is 0.326 e. The summed E-state index contributed by atoms with van der Waals surface area (Å²) in [5.41, 5.74) is 1.26. The molecule has 24 heavy (non-hydrogen) atoms. The highest BCUT2D eigenvalue weighted by atomic mass is 35.5. The van der Waals surface area contributed by atoms with Gasteiger partial charge in [-0.25, -0.2) is 9.59 Å². The molecule has 7 heteroatoms. The normalized spacial score (nSPS) is 11.6. The lowest BCUT2D eigenvalue weighted by molar-refractivity contribution is -0.141. The molecule has 0 saturated carbocycles. The van der Waals surface area contributed by atoms with Crippen LogP contribution in [0, 0.1) is 0 Å². The molecule has 2 aromatic carbocycles. The molecule has 1 unspecified atom stereocenters. The Morgan fingerprint density at radius 1 is 1.12 bits per heavy atom. The summed E-state index contributed by atoms with van der Waals surface area (Å²) in [7, 11) is 0. The van der Waals surface area contributed by atoms with Crippen molar-refractivity contribution in [2.75, 3.05) is 5.32 Å². The van der Waals surface area contributed by atoms with E-state index in [9.17, 15) is 14.7 Å². The second-order valence-corrected chi connectivity index (χ2v) is 6.00. The zero-order valence-corrected chi connectivity index (χ0v) is 14.4. The number of halogens is 2. The van der Waals surface area contributed by atoms with Crippen LogP contribution in [0.5, 0.6) is 0 Å². The number of benzene rings is 2. The molecule has 126 valence electrons. The Bertz CT molecular complexity index is 738. The van der Waals surface area contributed by atoms with Gasteiger partial charge in [0.1, 0.15) is 6.04 Å². The van der Waals surface area contributed by atoms with E-state index in [-0.39, 0.29) is 6.54 Å². The summed E-state index contributed by atoms with van der Waals surface area (Å²) in [6.45, 7) is 1.63. The largest absolute Gasteiger partial charge is 0.480 e. The first-order valence-corrected chi connectivity index (χ1v) is 7.93. The van der Waals surface area contributed by atoms with Crippen LogP contribution in [0.25, 0.3) is 0 Å². The lowest BCUT2D eigenvalue weighted by Gasteiger charge is -2.27. The molecule has 0 spiro atoms. The molecule has 0 saturated heterocycles. The van der Waals surface area contributed by atoms with Crippen molar-refractivity contribution in [3.8, 4) is 0 Å². The Kier molecular flexibility index (Phi) is 6.06. The number of anilines is 1. The van der Waals surface area contributed by atoms with E-state index in [1.807, 2.05) is 30.3 Å². The van der Waals surface area contributed by atoms with E-state index in [0.29, 0.717) is 15.7 Å². The van der Waals surface area contributed by atoms with Crippen LogP contribution >= 0.6 is 23.2 Å². The summed E-state index contributed by atoms with van der Waals surface area (Å²) in [5.74, 6) is -1.09. The Hall–Kier alpha value is -2.24. The van der Waals surface area contributed by atoms with Crippen molar-refractivity contribution < 1.29 is 14.7 Å². The fourth-order valence-corrected chi connectivity index (χ4v) is 2.37. The number of carbonyl (C=O) groups is 2. The first kappa shape index (κ1) is 18.1. The molecular weight excluding hydrogens is 351 g/mol. The molecule has 2 aromatic rings. The van der Waals surface area contributed by atoms with Crippen molar-refractivity contribution in [1.82, 2.24) is 4.90 Å². The summed E-state index contributed by atoms with van der Waals surface area (Å²) in [6, 6.07) is 12.3. The van der Waals surface area contributed by atoms with E-state index in [2.05, 4.69) is 5.32 Å². The van der Waals surface area contributed by atoms with E-state index < -0.39 is 18.0 Å². The van der Waals surface area contributed by atoms with Crippen LogP contribution in [0.4, 0.5) is 10.5 Å². The minimum Gasteiger partial charge on any atom is -0.480 e. The molecule has 0 heterocycles. The Labute approximate surface area is 149 Å². The highest BCUT2D eigenvalue weighted by Gasteiger charge is 2.26. The highest BCUT2D eigenvalue weighted by molar-refractivity contribution is 6.42. The van der Waals surface area contributed by atoms with Crippen molar-refractivity contribution in [3.05, 3.63) is 64.1 Å². The van der Waals surface area contributed by atoms with E-state index in [1.165, 1.54) is 17.9 Å². The second-order valence-electron chi connectivity index (χ2n) is 5.19. The molecule has 2 amide bonds. The van der Waals surface area contributed by atoms with E-state index in [1.54, 1.807) is 12.1 Å². The molecule has 0 aromatic heterocycles. The zero-order valence-electron chi connectivity index (χ0n) is 12.9. The Balaban J connectivity index is 2.20. The number of carbonyl (C=O) groups excluding carboxylic acids is 1. The SMILES string of the molecule is CC(C(=O)O)N(Cc1ccccc1)C(=O)Nc1ccc(Cl)c(Cl)c1. The van der Waals surface area contributed by atoms with Crippen molar-refractivity contribution in [2.45, 2.75) is 19.5 Å². The molecule has 0 aliphatic rings. The Morgan fingerprint density at radius 3 is 2.38 bits per heavy atom. The van der Waals surface area contributed by atoms with Crippen molar-refractivity contribution >= 4 is 40.9 Å². The van der Waals surface area contributed by atoms with Crippen LogP contribution in [0.15, 0.2) is 48.5 Å². The van der Waals surface area contributed by atoms with E-state index in [0.717, 1.165) is 5.56 Å². The minimum absolute atomic E-state index is 0.168. The third kappa shape index (κ3) is 4.63. The number of rotatable bonds is 5. The lowest BCUT2D eigenvalue weighted by atomic mass is 10.2. The highest BCUT2D eigenvalue weighted by Crippen LogP contribution is 2.25. The first-order valence-electron chi connectivity index (χ1n) is 7.18. The van der Waals surface area contributed by atoms with E-state index >= 15 is 0 Å². The van der Waals surface area contributed by atoms with Gasteiger partial charge in [0.25, 0.3) is 0 Å². The van der Waals surface area contributed by atoms with Gasteiger partial charge in [0.2, 0.25) is 0 Å². The summed E-state index contributed by atoms with van der Waals surface area (Å²) in [6.07, 6.45) is 0. The second kappa shape index (κ2) is 8.04. The fraction of sp³-hybridized carbons (Fsp3) is 0.176. The average molecular weight is 367 g/mol. The molecule has 0 radical (unpaired) electrons. The van der Waals surface area contributed by atoms with Gasteiger partial charge >= 0.3 is 12.0 Å². The molecule has 0 aliphatic heterocycles. The fourth-order valence-electron chi connectivity index (χ4n) is 2.07. The first-order chi connectivity index (χ1) is 11.4. The van der Waals surface area contributed by atoms with Gasteiger partial charge in [-0.1, -0.05) is 53.5 Å². The maximum absolute atomic E-state index is 12.5. The summed E-state index contributed by atoms with van der Waals surface area (Å²) >= 11 is 11.8. The van der Waals surface area contributed by atoms with Gasteiger partial charge in [-0.3, -0.25) is 0 Å². The number of nitrogens with one attached hydrogen (secondary N) is 1. The summed E-state index contributed by atoms with van der Waals surface area (Å²) in [4.78, 5) is 25.1. The number of aliphatic carboxylic acids is 1. The number of amides is 2. The van der Waals surface area contributed by atoms with Crippen LogP contribution in [0.3, 0.4) is 0 Å².